The molecule has 0 amide bonds. The quantitative estimate of drug-likeness (QED) is 0.397. The molecule has 0 atom stereocenters. The van der Waals surface area contributed by atoms with E-state index in [4.69, 9.17) is 0 Å². The Morgan fingerprint density at radius 3 is 1.56 bits per heavy atom. The number of hydrogen-bond acceptors (Lipinski definition) is 0. The Bertz CT molecular complexity index is 141. The van der Waals surface area contributed by atoms with Gasteiger partial charge in [-0.2, -0.15) is 0 Å². The zero-order valence-corrected chi connectivity index (χ0v) is 6.36. The second kappa shape index (κ2) is 5.89. The van der Waals surface area contributed by atoms with Gasteiger partial charge >= 0.3 is 0 Å². The van der Waals surface area contributed by atoms with E-state index >= 15 is 0 Å². The van der Waals surface area contributed by atoms with Crippen molar-refractivity contribution in [2.24, 2.45) is 0 Å². The first-order valence-corrected chi connectivity index (χ1v) is 2.26. The zero-order valence-electron chi connectivity index (χ0n) is 4.85. The number of rotatable bonds is 0. The molecule has 1 aromatic carbocycles. The summed E-state index contributed by atoms with van der Waals surface area (Å²) in [7, 11) is 0. The summed E-state index contributed by atoms with van der Waals surface area (Å²) in [5.41, 5.74) is 4.79. The van der Waals surface area contributed by atoms with Crippen molar-refractivity contribution < 1.29 is 30.5 Å². The van der Waals surface area contributed by atoms with Gasteiger partial charge in [-0.05, 0) is 12.1 Å². The molecule has 0 bridgehead atoms. The SMILES string of the molecule is [Cl-].[Cl-].[NH3+]c1ccccc1. The largest absolute Gasteiger partial charge is 1.00 e. The molecule has 1 nitrogen and oxygen atoms in total. The Morgan fingerprint density at radius 1 is 0.889 bits per heavy atom. The maximum Gasteiger partial charge on any atom is 0.127 e. The molecule has 0 saturated carbocycles. The van der Waals surface area contributed by atoms with Crippen LogP contribution in [-0.2, 0) is 0 Å². The highest BCUT2D eigenvalue weighted by atomic mass is 35.5. The molecule has 0 unspecified atom stereocenters. The van der Waals surface area contributed by atoms with E-state index in [0.29, 0.717) is 0 Å². The lowest BCUT2D eigenvalue weighted by molar-refractivity contribution is -0.254. The van der Waals surface area contributed by atoms with Crippen LogP contribution in [-0.4, -0.2) is 0 Å². The smallest absolute Gasteiger partial charge is 0.127 e. The first-order chi connectivity index (χ1) is 3.39. The third kappa shape index (κ3) is 4.28. The van der Waals surface area contributed by atoms with E-state index in [9.17, 15) is 0 Å². The molecule has 3 N–H and O–H groups in total. The standard InChI is InChI=1S/C6H7N.2ClH/c7-6-4-2-1-3-5-6;;/h1-5H,7H2;2*1H/p-1. The van der Waals surface area contributed by atoms with Crippen molar-refractivity contribution in [3.05, 3.63) is 30.3 Å². The van der Waals surface area contributed by atoms with E-state index in [1.807, 2.05) is 30.3 Å². The average molecular weight is 165 g/mol. The number of quaternary nitrogens is 1. The summed E-state index contributed by atoms with van der Waals surface area (Å²) in [6.45, 7) is 0. The zero-order chi connectivity index (χ0) is 5.11. The molecule has 0 spiro atoms. The van der Waals surface area contributed by atoms with Gasteiger partial charge < -0.3 is 30.5 Å². The van der Waals surface area contributed by atoms with Crippen LogP contribution in [0.4, 0.5) is 5.69 Å². The molecule has 0 radical (unpaired) electrons. The Morgan fingerprint density at radius 2 is 1.33 bits per heavy atom. The minimum atomic E-state index is 0. The summed E-state index contributed by atoms with van der Waals surface area (Å²) in [5, 5.41) is 0. The molecule has 0 fully saturated rings. The maximum atomic E-state index is 3.72. The third-order valence-corrected chi connectivity index (χ3v) is 0.843. The Labute approximate surface area is 67.1 Å². The Hall–Kier alpha value is -0.240. The predicted molar refractivity (Wildman–Crippen MR) is 29.0 cm³/mol. The first kappa shape index (κ1) is 11.5. The molecule has 0 aliphatic heterocycles. The molecule has 0 aromatic heterocycles. The van der Waals surface area contributed by atoms with Gasteiger partial charge in [0.25, 0.3) is 0 Å². The molecule has 1 aromatic rings. The van der Waals surface area contributed by atoms with Gasteiger partial charge in [0.2, 0.25) is 0 Å². The monoisotopic (exact) mass is 164 g/mol. The summed E-state index contributed by atoms with van der Waals surface area (Å²) in [6.07, 6.45) is 0. The summed E-state index contributed by atoms with van der Waals surface area (Å²) in [6, 6.07) is 9.87. The van der Waals surface area contributed by atoms with Crippen LogP contribution in [0.15, 0.2) is 30.3 Å². The second-order valence-electron chi connectivity index (χ2n) is 1.49. The third-order valence-electron chi connectivity index (χ3n) is 0.843. The molecule has 1 rings (SSSR count). The van der Waals surface area contributed by atoms with Crippen LogP contribution < -0.4 is 30.5 Å². The van der Waals surface area contributed by atoms with Crippen LogP contribution in [0, 0.1) is 0 Å². The number of hydrogen-bond donors (Lipinski definition) is 1. The van der Waals surface area contributed by atoms with Crippen molar-refractivity contribution in [1.82, 2.24) is 0 Å². The minimum absolute atomic E-state index is 0. The van der Waals surface area contributed by atoms with E-state index in [2.05, 4.69) is 5.73 Å². The van der Waals surface area contributed by atoms with Gasteiger partial charge in [-0.15, -0.1) is 0 Å². The lowest BCUT2D eigenvalue weighted by Crippen LogP contribution is -3.00. The van der Waals surface area contributed by atoms with Crippen LogP contribution in [0.25, 0.3) is 0 Å². The van der Waals surface area contributed by atoms with E-state index in [1.54, 1.807) is 0 Å². The fraction of sp³-hybridized carbons (Fsp3) is 0. The van der Waals surface area contributed by atoms with Gasteiger partial charge in [-0.25, -0.2) is 0 Å². The van der Waals surface area contributed by atoms with Crippen LogP contribution in [0.1, 0.15) is 0 Å². The molecule has 0 aliphatic rings. The normalized spacial score (nSPS) is 6.78. The molecule has 0 heterocycles. The van der Waals surface area contributed by atoms with Gasteiger partial charge in [-0.1, -0.05) is 18.2 Å². The summed E-state index contributed by atoms with van der Waals surface area (Å²) in [4.78, 5) is 0. The minimum Gasteiger partial charge on any atom is -1.00 e. The Balaban J connectivity index is 0. The molecule has 0 aliphatic carbocycles. The van der Waals surface area contributed by atoms with Gasteiger partial charge in [0, 0.05) is 0 Å². The lowest BCUT2D eigenvalue weighted by Gasteiger charge is -1.78. The summed E-state index contributed by atoms with van der Waals surface area (Å²) < 4.78 is 0. The first-order valence-electron chi connectivity index (χ1n) is 2.26. The lowest BCUT2D eigenvalue weighted by atomic mass is 10.3. The van der Waals surface area contributed by atoms with Crippen LogP contribution in [0.3, 0.4) is 0 Å². The topological polar surface area (TPSA) is 27.6 Å². The van der Waals surface area contributed by atoms with Crippen molar-refractivity contribution in [2.45, 2.75) is 0 Å². The van der Waals surface area contributed by atoms with E-state index < -0.39 is 0 Å². The van der Waals surface area contributed by atoms with E-state index in [0.717, 1.165) is 5.69 Å². The van der Waals surface area contributed by atoms with E-state index in [-0.39, 0.29) is 24.8 Å². The molecular weight excluding hydrogens is 157 g/mol. The van der Waals surface area contributed by atoms with E-state index in [1.165, 1.54) is 0 Å². The molecule has 9 heavy (non-hydrogen) atoms. The van der Waals surface area contributed by atoms with Crippen LogP contribution in [0.2, 0.25) is 0 Å². The summed E-state index contributed by atoms with van der Waals surface area (Å²) in [5.74, 6) is 0. The van der Waals surface area contributed by atoms with Gasteiger partial charge in [0.15, 0.2) is 0 Å². The Kier molecular flexibility index (Phi) is 7.55. The predicted octanol–water partition coefficient (Wildman–Crippen LogP) is -5.43. The summed E-state index contributed by atoms with van der Waals surface area (Å²) >= 11 is 0. The number of halogens is 2. The van der Waals surface area contributed by atoms with Crippen LogP contribution >= 0.6 is 0 Å². The second-order valence-corrected chi connectivity index (χ2v) is 1.49. The molecule has 52 valence electrons. The van der Waals surface area contributed by atoms with Crippen molar-refractivity contribution >= 4 is 5.69 Å². The molecule has 0 saturated heterocycles. The van der Waals surface area contributed by atoms with Gasteiger partial charge in [0.1, 0.15) is 5.69 Å². The highest BCUT2D eigenvalue weighted by molar-refractivity contribution is 5.25. The van der Waals surface area contributed by atoms with Crippen molar-refractivity contribution in [2.75, 3.05) is 0 Å². The maximum absolute atomic E-state index is 3.72. The fourth-order valence-corrected chi connectivity index (χ4v) is 0.478. The molecular formula is C6H8Cl2N-. The van der Waals surface area contributed by atoms with Crippen molar-refractivity contribution in [3.63, 3.8) is 0 Å². The van der Waals surface area contributed by atoms with Crippen molar-refractivity contribution in [1.29, 1.82) is 0 Å². The average Bonchev–Trinajstić information content (AvgIpc) is 1.69. The van der Waals surface area contributed by atoms with Gasteiger partial charge in [0.05, 0.1) is 0 Å². The highest BCUT2D eigenvalue weighted by Crippen LogP contribution is 1.93. The molecule has 3 heteroatoms. The number of benzene rings is 1. The van der Waals surface area contributed by atoms with Crippen molar-refractivity contribution in [3.8, 4) is 0 Å². The highest BCUT2D eigenvalue weighted by Gasteiger charge is 1.77. The van der Waals surface area contributed by atoms with Gasteiger partial charge in [-0.3, -0.25) is 0 Å². The fourth-order valence-electron chi connectivity index (χ4n) is 0.478. The van der Waals surface area contributed by atoms with Crippen LogP contribution in [0.5, 0.6) is 0 Å².